The van der Waals surface area contributed by atoms with Gasteiger partial charge in [0.05, 0.1) is 19.8 Å². The summed E-state index contributed by atoms with van der Waals surface area (Å²) in [6, 6.07) is 7.38. The molecule has 0 spiro atoms. The summed E-state index contributed by atoms with van der Waals surface area (Å²) in [5, 5.41) is 17.6. The van der Waals surface area contributed by atoms with E-state index in [1.165, 1.54) is 25.7 Å². The summed E-state index contributed by atoms with van der Waals surface area (Å²) in [6.45, 7) is 7.24. The average Bonchev–Trinajstić information content (AvgIpc) is 3.63. The first-order valence-corrected chi connectivity index (χ1v) is 13.8. The molecule has 10 heteroatoms. The molecule has 0 saturated heterocycles. The molecule has 0 bridgehead atoms. The molecule has 0 aliphatic heterocycles. The Bertz CT molecular complexity index is 1220. The number of carbonyl (C=O) groups is 1. The molecule has 1 aliphatic rings. The third-order valence-corrected chi connectivity index (χ3v) is 6.91. The summed E-state index contributed by atoms with van der Waals surface area (Å²) >= 11 is 0. The van der Waals surface area contributed by atoms with Crippen LogP contribution < -0.4 is 14.8 Å². The molecule has 0 unspecified atom stereocenters. The van der Waals surface area contributed by atoms with Gasteiger partial charge in [-0.2, -0.15) is 4.98 Å². The quantitative estimate of drug-likeness (QED) is 0.172. The van der Waals surface area contributed by atoms with Crippen LogP contribution in [0, 0.1) is 12.8 Å². The van der Waals surface area contributed by atoms with E-state index in [0.717, 1.165) is 16.7 Å². The smallest absolute Gasteiger partial charge is 0.319 e. The number of hydrogen-bond donors (Lipinski definition) is 2. The number of ether oxygens (including phenoxy) is 3. The van der Waals surface area contributed by atoms with Crippen LogP contribution in [-0.2, 0) is 16.0 Å². The molecular weight excluding hydrogens is 500 g/mol. The highest BCUT2D eigenvalue weighted by Crippen LogP contribution is 2.34. The monoisotopic (exact) mass is 538 g/mol. The molecule has 1 aromatic carbocycles. The van der Waals surface area contributed by atoms with Crippen LogP contribution in [0.5, 0.6) is 11.6 Å². The Kier molecular flexibility index (Phi) is 10.3. The van der Waals surface area contributed by atoms with Crippen molar-refractivity contribution in [3.05, 3.63) is 41.6 Å². The molecule has 1 atom stereocenters. The molecule has 1 saturated carbocycles. The minimum Gasteiger partial charge on any atom is -0.477 e. The SMILES string of the molecule is CCOC(=O)CNCC[C@@H](O)Oc1ccc(-c2noc(-c3cccnc3OCC3CCCC3)n2)c(C)c1CC. The van der Waals surface area contributed by atoms with Crippen LogP contribution in [0.4, 0.5) is 0 Å². The fourth-order valence-corrected chi connectivity index (χ4v) is 4.84. The van der Waals surface area contributed by atoms with Crippen molar-refractivity contribution < 1.29 is 28.6 Å². The van der Waals surface area contributed by atoms with Crippen molar-refractivity contribution in [2.24, 2.45) is 5.92 Å². The number of benzene rings is 1. The molecule has 2 heterocycles. The van der Waals surface area contributed by atoms with E-state index < -0.39 is 6.29 Å². The van der Waals surface area contributed by atoms with E-state index in [4.69, 9.17) is 18.7 Å². The van der Waals surface area contributed by atoms with Gasteiger partial charge >= 0.3 is 5.97 Å². The van der Waals surface area contributed by atoms with Gasteiger partial charge in [0.15, 0.2) is 6.29 Å². The Labute approximate surface area is 229 Å². The second-order valence-electron chi connectivity index (χ2n) is 9.65. The summed E-state index contributed by atoms with van der Waals surface area (Å²) in [6.07, 6.45) is 6.57. The lowest BCUT2D eigenvalue weighted by atomic mass is 9.99. The average molecular weight is 539 g/mol. The number of nitrogens with one attached hydrogen (secondary N) is 1. The number of rotatable bonds is 14. The maximum atomic E-state index is 11.4. The number of aliphatic hydroxyl groups is 1. The highest BCUT2D eigenvalue weighted by Gasteiger charge is 2.21. The minimum atomic E-state index is -1.03. The lowest BCUT2D eigenvalue weighted by Crippen LogP contribution is -2.29. The molecule has 0 amide bonds. The summed E-state index contributed by atoms with van der Waals surface area (Å²) in [7, 11) is 0. The number of pyridine rings is 1. The van der Waals surface area contributed by atoms with Gasteiger partial charge in [-0.15, -0.1) is 0 Å². The van der Waals surface area contributed by atoms with Gasteiger partial charge in [0.25, 0.3) is 5.89 Å². The van der Waals surface area contributed by atoms with Gasteiger partial charge in [0, 0.05) is 24.7 Å². The predicted molar refractivity (Wildman–Crippen MR) is 145 cm³/mol. The van der Waals surface area contributed by atoms with Gasteiger partial charge < -0.3 is 29.2 Å². The lowest BCUT2D eigenvalue weighted by Gasteiger charge is -2.18. The maximum Gasteiger partial charge on any atom is 0.319 e. The first-order valence-electron chi connectivity index (χ1n) is 13.8. The Hall–Kier alpha value is -3.50. The zero-order chi connectivity index (χ0) is 27.6. The van der Waals surface area contributed by atoms with Gasteiger partial charge in [0.1, 0.15) is 11.3 Å². The number of aliphatic hydroxyl groups excluding tert-OH is 1. The Morgan fingerprint density at radius 2 is 2.03 bits per heavy atom. The first kappa shape index (κ1) is 28.5. The fourth-order valence-electron chi connectivity index (χ4n) is 4.84. The van der Waals surface area contributed by atoms with Gasteiger partial charge in [-0.1, -0.05) is 24.9 Å². The van der Waals surface area contributed by atoms with E-state index in [0.29, 0.717) is 67.4 Å². The van der Waals surface area contributed by atoms with Crippen LogP contribution in [0.15, 0.2) is 35.0 Å². The zero-order valence-corrected chi connectivity index (χ0v) is 22.9. The highest BCUT2D eigenvalue weighted by molar-refractivity contribution is 5.71. The number of hydrogen-bond acceptors (Lipinski definition) is 10. The Morgan fingerprint density at radius 1 is 1.21 bits per heavy atom. The third kappa shape index (κ3) is 7.54. The maximum absolute atomic E-state index is 11.4. The van der Waals surface area contributed by atoms with Gasteiger partial charge in [-0.25, -0.2) is 4.98 Å². The molecule has 3 aromatic rings. The Balaban J connectivity index is 1.43. The van der Waals surface area contributed by atoms with Gasteiger partial charge in [-0.05, 0) is 74.4 Å². The zero-order valence-electron chi connectivity index (χ0n) is 22.9. The predicted octanol–water partition coefficient (Wildman–Crippen LogP) is 4.48. The molecule has 39 heavy (non-hydrogen) atoms. The summed E-state index contributed by atoms with van der Waals surface area (Å²) in [4.78, 5) is 20.5. The normalized spacial score (nSPS) is 14.4. The number of nitrogens with zero attached hydrogens (tertiary/aromatic N) is 3. The molecule has 210 valence electrons. The summed E-state index contributed by atoms with van der Waals surface area (Å²) in [5.41, 5.74) is 3.37. The van der Waals surface area contributed by atoms with E-state index in [1.807, 2.05) is 38.1 Å². The van der Waals surface area contributed by atoms with Crippen LogP contribution in [0.2, 0.25) is 0 Å². The van der Waals surface area contributed by atoms with E-state index in [9.17, 15) is 9.90 Å². The summed E-state index contributed by atoms with van der Waals surface area (Å²) in [5.74, 6) is 2.14. The van der Waals surface area contributed by atoms with E-state index in [1.54, 1.807) is 13.1 Å². The molecule has 2 aromatic heterocycles. The minimum absolute atomic E-state index is 0.0917. The fraction of sp³-hybridized carbons (Fsp3) is 0.517. The molecule has 4 rings (SSSR count). The molecule has 2 N–H and O–H groups in total. The largest absolute Gasteiger partial charge is 0.477 e. The first-order chi connectivity index (χ1) is 19.0. The molecule has 1 aliphatic carbocycles. The Morgan fingerprint density at radius 3 is 2.79 bits per heavy atom. The van der Waals surface area contributed by atoms with Crippen LogP contribution >= 0.6 is 0 Å². The van der Waals surface area contributed by atoms with Crippen molar-refractivity contribution in [1.82, 2.24) is 20.4 Å². The van der Waals surface area contributed by atoms with E-state index in [2.05, 4.69) is 20.4 Å². The van der Waals surface area contributed by atoms with Crippen LogP contribution in [-0.4, -0.2) is 58.8 Å². The summed E-state index contributed by atoms with van der Waals surface area (Å²) < 4.78 is 22.4. The van der Waals surface area contributed by atoms with E-state index in [-0.39, 0.29) is 12.5 Å². The molecule has 10 nitrogen and oxygen atoms in total. The third-order valence-electron chi connectivity index (χ3n) is 6.91. The number of esters is 1. The van der Waals surface area contributed by atoms with Crippen molar-refractivity contribution in [1.29, 1.82) is 0 Å². The van der Waals surface area contributed by atoms with Crippen LogP contribution in [0.3, 0.4) is 0 Å². The topological polar surface area (TPSA) is 129 Å². The second-order valence-corrected chi connectivity index (χ2v) is 9.65. The molecular formula is C29H38N4O6. The van der Waals surface area contributed by atoms with Crippen molar-refractivity contribution >= 4 is 5.97 Å². The van der Waals surface area contributed by atoms with Crippen LogP contribution in [0.1, 0.15) is 57.1 Å². The molecule has 1 fully saturated rings. The van der Waals surface area contributed by atoms with Gasteiger partial charge in [0.2, 0.25) is 11.7 Å². The molecule has 0 radical (unpaired) electrons. The standard InChI is InChI=1S/C29H38N4O6/c1-4-21-19(3)22(12-13-24(21)38-25(34)14-16-30-17-26(35)36-5-2)27-32-29(39-33-27)23-11-8-15-31-28(23)37-18-20-9-6-7-10-20/h8,11-13,15,20,25,30,34H,4-7,9-10,14,16-18H2,1-3H3/t25-/m0/s1. The highest BCUT2D eigenvalue weighted by atomic mass is 16.6. The number of carbonyl (C=O) groups excluding carboxylic acids is 1. The van der Waals surface area contributed by atoms with E-state index >= 15 is 0 Å². The lowest BCUT2D eigenvalue weighted by molar-refractivity contribution is -0.142. The van der Waals surface area contributed by atoms with Crippen LogP contribution in [0.25, 0.3) is 22.8 Å². The van der Waals surface area contributed by atoms with Crippen molar-refractivity contribution in [2.45, 2.75) is 65.6 Å². The number of aromatic nitrogens is 3. The second kappa shape index (κ2) is 14.0. The van der Waals surface area contributed by atoms with Crippen molar-refractivity contribution in [3.63, 3.8) is 0 Å². The van der Waals surface area contributed by atoms with Crippen molar-refractivity contribution in [3.8, 4) is 34.5 Å². The van der Waals surface area contributed by atoms with Crippen molar-refractivity contribution in [2.75, 3.05) is 26.3 Å². The van der Waals surface area contributed by atoms with Gasteiger partial charge in [-0.3, -0.25) is 4.79 Å².